The molecule has 9 heteroatoms. The van der Waals surface area contributed by atoms with Crippen molar-refractivity contribution in [2.45, 2.75) is 12.5 Å². The molecule has 5 amide bonds. The molecule has 3 aromatic carbocycles. The van der Waals surface area contributed by atoms with Crippen LogP contribution >= 0.6 is 0 Å². The van der Waals surface area contributed by atoms with Crippen LogP contribution in [0, 0.1) is 5.82 Å². The Morgan fingerprint density at radius 1 is 0.889 bits per heavy atom. The first-order valence-corrected chi connectivity index (χ1v) is 11.7. The van der Waals surface area contributed by atoms with Gasteiger partial charge in [0.25, 0.3) is 11.8 Å². The molecule has 8 nitrogen and oxygen atoms in total. The molecule has 2 aliphatic rings. The molecule has 1 unspecified atom stereocenters. The third-order valence-electron chi connectivity index (χ3n) is 6.91. The molecular weight excluding hydrogens is 463 g/mol. The van der Waals surface area contributed by atoms with Crippen molar-refractivity contribution in [1.82, 2.24) is 20.0 Å². The van der Waals surface area contributed by atoms with Gasteiger partial charge < -0.3 is 15.1 Å². The largest absolute Gasteiger partial charge is 0.338 e. The molecule has 1 atom stereocenters. The van der Waals surface area contributed by atoms with E-state index in [1.165, 1.54) is 24.3 Å². The fourth-order valence-electron chi connectivity index (χ4n) is 4.71. The number of imide groups is 1. The lowest BCUT2D eigenvalue weighted by molar-refractivity contribution is -0.139. The minimum Gasteiger partial charge on any atom is -0.338 e. The summed E-state index contributed by atoms with van der Waals surface area (Å²) < 4.78 is 13.1. The molecule has 3 aromatic rings. The Bertz CT molecular complexity index is 1370. The van der Waals surface area contributed by atoms with Gasteiger partial charge in [-0.25, -0.2) is 9.18 Å². The molecule has 0 aliphatic carbocycles. The van der Waals surface area contributed by atoms with Crippen molar-refractivity contribution in [3.8, 4) is 0 Å². The smallest absolute Gasteiger partial charge is 0.325 e. The molecule has 36 heavy (non-hydrogen) atoms. The molecule has 0 saturated carbocycles. The molecule has 2 aliphatic heterocycles. The molecule has 0 bridgehead atoms. The lowest BCUT2D eigenvalue weighted by Gasteiger charge is -2.35. The van der Waals surface area contributed by atoms with Crippen LogP contribution < -0.4 is 5.32 Å². The predicted octanol–water partition coefficient (Wildman–Crippen LogP) is 2.73. The van der Waals surface area contributed by atoms with Crippen LogP contribution in [0.1, 0.15) is 22.8 Å². The molecule has 0 spiro atoms. The quantitative estimate of drug-likeness (QED) is 0.572. The van der Waals surface area contributed by atoms with E-state index < -0.39 is 23.3 Å². The van der Waals surface area contributed by atoms with Crippen LogP contribution in [0.5, 0.6) is 0 Å². The van der Waals surface area contributed by atoms with Gasteiger partial charge in [0.05, 0.1) is 0 Å². The lowest BCUT2D eigenvalue weighted by atomic mass is 9.90. The Kier molecular flexibility index (Phi) is 5.91. The van der Waals surface area contributed by atoms with Gasteiger partial charge >= 0.3 is 6.03 Å². The first-order valence-electron chi connectivity index (χ1n) is 11.7. The Hall–Kier alpha value is -4.27. The molecule has 1 N–H and O–H groups in total. The zero-order valence-electron chi connectivity index (χ0n) is 19.7. The number of hydrogen-bond acceptors (Lipinski definition) is 4. The van der Waals surface area contributed by atoms with Crippen LogP contribution in [-0.4, -0.2) is 71.2 Å². The number of nitrogens with zero attached hydrogens (tertiary/aromatic N) is 3. The molecular formula is C27H25FN4O4. The van der Waals surface area contributed by atoms with Crippen molar-refractivity contribution >= 4 is 34.5 Å². The van der Waals surface area contributed by atoms with E-state index in [4.69, 9.17) is 0 Å². The molecule has 0 radical (unpaired) electrons. The van der Waals surface area contributed by atoms with Crippen LogP contribution in [0.3, 0.4) is 0 Å². The maximum atomic E-state index is 13.3. The third kappa shape index (κ3) is 4.17. The summed E-state index contributed by atoms with van der Waals surface area (Å²) in [5.41, 5.74) is -0.257. The van der Waals surface area contributed by atoms with Gasteiger partial charge in [-0.1, -0.05) is 36.4 Å². The number of piperazine rings is 1. The molecule has 2 saturated heterocycles. The fraction of sp³-hybridized carbons (Fsp3) is 0.259. The number of nitrogens with one attached hydrogen (secondary N) is 1. The second-order valence-corrected chi connectivity index (χ2v) is 9.19. The maximum absolute atomic E-state index is 13.3. The molecule has 5 rings (SSSR count). The number of rotatable bonds is 4. The molecule has 184 valence electrons. The number of amides is 5. The van der Waals surface area contributed by atoms with Gasteiger partial charge in [-0.05, 0) is 53.6 Å². The van der Waals surface area contributed by atoms with E-state index in [-0.39, 0.29) is 31.4 Å². The van der Waals surface area contributed by atoms with E-state index in [0.29, 0.717) is 24.2 Å². The molecule has 2 heterocycles. The van der Waals surface area contributed by atoms with Gasteiger partial charge in [-0.15, -0.1) is 0 Å². The Balaban J connectivity index is 1.23. The van der Waals surface area contributed by atoms with Gasteiger partial charge in [0.1, 0.15) is 17.9 Å². The van der Waals surface area contributed by atoms with Crippen molar-refractivity contribution < 1.29 is 23.6 Å². The SMILES string of the molecule is CC1(c2ccc3ccccc3c2)NC(=O)N(CC(=O)N2CCN(C(=O)c3ccc(F)cc3)CC2)C1=O. The normalized spacial score (nSPS) is 20.1. The van der Waals surface area contributed by atoms with E-state index in [9.17, 15) is 23.6 Å². The highest BCUT2D eigenvalue weighted by molar-refractivity contribution is 6.09. The minimum atomic E-state index is -1.28. The second-order valence-electron chi connectivity index (χ2n) is 9.19. The maximum Gasteiger partial charge on any atom is 0.325 e. The second kappa shape index (κ2) is 9.07. The van der Waals surface area contributed by atoms with Crippen molar-refractivity contribution in [2.75, 3.05) is 32.7 Å². The fourth-order valence-corrected chi connectivity index (χ4v) is 4.71. The summed E-state index contributed by atoms with van der Waals surface area (Å²) in [7, 11) is 0. The van der Waals surface area contributed by atoms with E-state index in [1.807, 2.05) is 42.5 Å². The highest BCUT2D eigenvalue weighted by Crippen LogP contribution is 2.31. The third-order valence-corrected chi connectivity index (χ3v) is 6.91. The van der Waals surface area contributed by atoms with E-state index >= 15 is 0 Å². The number of fused-ring (bicyclic) bond motifs is 1. The average molecular weight is 489 g/mol. The zero-order valence-corrected chi connectivity index (χ0v) is 19.7. The topological polar surface area (TPSA) is 90.0 Å². The lowest BCUT2D eigenvalue weighted by Crippen LogP contribution is -2.53. The zero-order chi connectivity index (χ0) is 25.4. The standard InChI is InChI=1S/C27H25FN4O4/c1-27(21-9-6-18-4-2-3-5-20(18)16-21)25(35)32(26(36)29-27)17-23(33)30-12-14-31(15-13-30)24(34)19-7-10-22(28)11-8-19/h2-11,16H,12-15,17H2,1H3,(H,29,36). The first-order chi connectivity index (χ1) is 17.3. The van der Waals surface area contributed by atoms with Crippen molar-refractivity contribution in [2.24, 2.45) is 0 Å². The number of carbonyl (C=O) groups is 4. The number of benzene rings is 3. The summed E-state index contributed by atoms with van der Waals surface area (Å²) in [6, 6.07) is 18.0. The summed E-state index contributed by atoms with van der Waals surface area (Å²) in [5, 5.41) is 4.72. The van der Waals surface area contributed by atoms with E-state index in [2.05, 4.69) is 5.32 Å². The summed E-state index contributed by atoms with van der Waals surface area (Å²) in [4.78, 5) is 55.7. The number of urea groups is 1. The van der Waals surface area contributed by atoms with Gasteiger partial charge in [-0.2, -0.15) is 0 Å². The number of carbonyl (C=O) groups excluding carboxylic acids is 4. The van der Waals surface area contributed by atoms with Crippen LogP contribution in [0.15, 0.2) is 66.7 Å². The van der Waals surface area contributed by atoms with Gasteiger partial charge in [0, 0.05) is 31.7 Å². The summed E-state index contributed by atoms with van der Waals surface area (Å²) in [5.74, 6) is -1.50. The Morgan fingerprint density at radius 3 is 2.22 bits per heavy atom. The first kappa shape index (κ1) is 23.5. The number of halogens is 1. The molecule has 0 aromatic heterocycles. The van der Waals surface area contributed by atoms with Crippen molar-refractivity contribution in [1.29, 1.82) is 0 Å². The Morgan fingerprint density at radius 2 is 1.53 bits per heavy atom. The minimum absolute atomic E-state index is 0.234. The predicted molar refractivity (Wildman–Crippen MR) is 130 cm³/mol. The van der Waals surface area contributed by atoms with Gasteiger partial charge in [-0.3, -0.25) is 19.3 Å². The number of hydrogen-bond donors (Lipinski definition) is 1. The Labute approximate surface area is 207 Å². The van der Waals surface area contributed by atoms with Crippen LogP contribution in [-0.2, 0) is 15.1 Å². The highest BCUT2D eigenvalue weighted by Gasteiger charge is 2.49. The van der Waals surface area contributed by atoms with Crippen molar-refractivity contribution in [3.05, 3.63) is 83.7 Å². The van der Waals surface area contributed by atoms with Gasteiger partial charge in [0.15, 0.2) is 0 Å². The van der Waals surface area contributed by atoms with E-state index in [1.54, 1.807) is 16.7 Å². The van der Waals surface area contributed by atoms with Crippen LogP contribution in [0.25, 0.3) is 10.8 Å². The van der Waals surface area contributed by atoms with E-state index in [0.717, 1.165) is 15.7 Å². The van der Waals surface area contributed by atoms with Crippen LogP contribution in [0.2, 0.25) is 0 Å². The summed E-state index contributed by atoms with van der Waals surface area (Å²) in [6.45, 7) is 2.42. The average Bonchev–Trinajstić information content (AvgIpc) is 3.12. The monoisotopic (exact) mass is 488 g/mol. The summed E-state index contributed by atoms with van der Waals surface area (Å²) in [6.07, 6.45) is 0. The van der Waals surface area contributed by atoms with Crippen LogP contribution in [0.4, 0.5) is 9.18 Å². The van der Waals surface area contributed by atoms with Gasteiger partial charge in [0.2, 0.25) is 5.91 Å². The highest BCUT2D eigenvalue weighted by atomic mass is 19.1. The molecule has 2 fully saturated rings. The van der Waals surface area contributed by atoms with Crippen molar-refractivity contribution in [3.63, 3.8) is 0 Å². The summed E-state index contributed by atoms with van der Waals surface area (Å²) >= 11 is 0.